The molecule has 0 spiro atoms. The fourth-order valence-electron chi connectivity index (χ4n) is 1.99. The van der Waals surface area contributed by atoms with E-state index in [1.54, 1.807) is 6.20 Å². The largest absolute Gasteiger partial charge is 0.381 e. The number of aromatic nitrogens is 2. The van der Waals surface area contributed by atoms with E-state index < -0.39 is 0 Å². The molecule has 0 bridgehead atoms. The van der Waals surface area contributed by atoms with Gasteiger partial charge in [0.25, 0.3) is 0 Å². The lowest BCUT2D eigenvalue weighted by molar-refractivity contribution is 0.602. The molecule has 0 radical (unpaired) electrons. The lowest BCUT2D eigenvalue weighted by Gasteiger charge is -2.13. The van der Waals surface area contributed by atoms with Crippen molar-refractivity contribution in [3.63, 3.8) is 0 Å². The molecule has 3 nitrogen and oxygen atoms in total. The predicted molar refractivity (Wildman–Crippen MR) is 57.5 cm³/mol. The second-order valence-electron chi connectivity index (χ2n) is 4.03. The molecule has 0 aromatic carbocycles. The monoisotopic (exact) mass is 211 g/mol. The van der Waals surface area contributed by atoms with Crippen LogP contribution in [0.4, 0.5) is 5.69 Å². The van der Waals surface area contributed by atoms with Crippen LogP contribution in [0.15, 0.2) is 12.3 Å². The standard InChI is InChI=1S/C10H14ClN3/c1-7-2-3-8(4-7)13-9-5-10(11)14-12-6-9/h5-8H,2-4H2,1H3,(H,13,14). The van der Waals surface area contributed by atoms with E-state index in [-0.39, 0.29) is 0 Å². The Hall–Kier alpha value is -0.830. The molecule has 2 atom stereocenters. The zero-order valence-electron chi connectivity index (χ0n) is 8.20. The van der Waals surface area contributed by atoms with Crippen LogP contribution in [0, 0.1) is 5.92 Å². The average molecular weight is 212 g/mol. The van der Waals surface area contributed by atoms with Gasteiger partial charge in [-0.15, -0.1) is 5.10 Å². The zero-order valence-corrected chi connectivity index (χ0v) is 8.96. The fourth-order valence-corrected chi connectivity index (χ4v) is 2.15. The van der Waals surface area contributed by atoms with Crippen LogP contribution in [0.5, 0.6) is 0 Å². The van der Waals surface area contributed by atoms with Crippen LogP contribution in [0.25, 0.3) is 0 Å². The van der Waals surface area contributed by atoms with Gasteiger partial charge in [-0.25, -0.2) is 0 Å². The number of hydrogen-bond acceptors (Lipinski definition) is 3. The molecule has 2 unspecified atom stereocenters. The van der Waals surface area contributed by atoms with Crippen LogP contribution in [-0.2, 0) is 0 Å². The van der Waals surface area contributed by atoms with Crippen LogP contribution >= 0.6 is 11.6 Å². The van der Waals surface area contributed by atoms with Crippen molar-refractivity contribution in [2.75, 3.05) is 5.32 Å². The maximum absolute atomic E-state index is 5.75. The van der Waals surface area contributed by atoms with Gasteiger partial charge in [-0.2, -0.15) is 5.10 Å². The Bertz CT molecular complexity index is 316. The Labute approximate surface area is 88.9 Å². The zero-order chi connectivity index (χ0) is 9.97. The van der Waals surface area contributed by atoms with E-state index in [2.05, 4.69) is 22.4 Å². The number of halogens is 1. The molecule has 1 heterocycles. The molecule has 1 aromatic heterocycles. The predicted octanol–water partition coefficient (Wildman–Crippen LogP) is 2.73. The summed E-state index contributed by atoms with van der Waals surface area (Å²) in [7, 11) is 0. The second-order valence-corrected chi connectivity index (χ2v) is 4.41. The minimum atomic E-state index is 0.445. The van der Waals surface area contributed by atoms with Gasteiger partial charge < -0.3 is 5.32 Å². The van der Waals surface area contributed by atoms with Gasteiger partial charge in [0.15, 0.2) is 5.15 Å². The Morgan fingerprint density at radius 2 is 2.36 bits per heavy atom. The summed E-state index contributed by atoms with van der Waals surface area (Å²) in [5.41, 5.74) is 0.976. The Morgan fingerprint density at radius 3 is 3.00 bits per heavy atom. The molecular weight excluding hydrogens is 198 g/mol. The van der Waals surface area contributed by atoms with Crippen molar-refractivity contribution in [1.29, 1.82) is 0 Å². The topological polar surface area (TPSA) is 37.8 Å². The van der Waals surface area contributed by atoms with Crippen LogP contribution in [0.1, 0.15) is 26.2 Å². The summed E-state index contributed by atoms with van der Waals surface area (Å²) in [5.74, 6) is 0.831. The normalized spacial score (nSPS) is 26.4. The van der Waals surface area contributed by atoms with E-state index >= 15 is 0 Å². The van der Waals surface area contributed by atoms with Gasteiger partial charge in [-0.05, 0) is 25.2 Å². The highest BCUT2D eigenvalue weighted by molar-refractivity contribution is 6.29. The number of anilines is 1. The Morgan fingerprint density at radius 1 is 1.50 bits per heavy atom. The first-order valence-electron chi connectivity index (χ1n) is 4.99. The summed E-state index contributed by atoms with van der Waals surface area (Å²) in [6, 6.07) is 2.39. The van der Waals surface area contributed by atoms with Gasteiger partial charge in [0.2, 0.25) is 0 Å². The van der Waals surface area contributed by atoms with E-state index in [1.165, 1.54) is 19.3 Å². The van der Waals surface area contributed by atoms with Crippen molar-refractivity contribution in [2.24, 2.45) is 5.92 Å². The van der Waals surface area contributed by atoms with Gasteiger partial charge in [-0.1, -0.05) is 18.5 Å². The first-order chi connectivity index (χ1) is 6.74. The molecule has 76 valence electrons. The average Bonchev–Trinajstić information content (AvgIpc) is 2.51. The summed E-state index contributed by atoms with van der Waals surface area (Å²) in [6.07, 6.45) is 5.50. The maximum Gasteiger partial charge on any atom is 0.153 e. The first kappa shape index (κ1) is 9.71. The van der Waals surface area contributed by atoms with Crippen molar-refractivity contribution >= 4 is 17.3 Å². The third-order valence-electron chi connectivity index (χ3n) is 2.69. The van der Waals surface area contributed by atoms with E-state index in [0.717, 1.165) is 11.6 Å². The summed E-state index contributed by atoms with van der Waals surface area (Å²) >= 11 is 5.75. The molecule has 1 fully saturated rings. The summed E-state index contributed by atoms with van der Waals surface area (Å²) < 4.78 is 0. The third kappa shape index (κ3) is 2.35. The highest BCUT2D eigenvalue weighted by Gasteiger charge is 2.20. The van der Waals surface area contributed by atoms with E-state index in [9.17, 15) is 0 Å². The van der Waals surface area contributed by atoms with Crippen LogP contribution in [0.2, 0.25) is 5.15 Å². The van der Waals surface area contributed by atoms with Crippen LogP contribution in [0.3, 0.4) is 0 Å². The van der Waals surface area contributed by atoms with Crippen molar-refractivity contribution in [2.45, 2.75) is 32.2 Å². The van der Waals surface area contributed by atoms with Crippen LogP contribution < -0.4 is 5.32 Å². The molecule has 14 heavy (non-hydrogen) atoms. The number of nitrogens with one attached hydrogen (secondary N) is 1. The molecule has 0 aliphatic heterocycles. The van der Waals surface area contributed by atoms with E-state index in [4.69, 9.17) is 11.6 Å². The highest BCUT2D eigenvalue weighted by Crippen LogP contribution is 2.27. The van der Waals surface area contributed by atoms with E-state index in [0.29, 0.717) is 11.2 Å². The van der Waals surface area contributed by atoms with Gasteiger partial charge in [0, 0.05) is 12.1 Å². The highest BCUT2D eigenvalue weighted by atomic mass is 35.5. The van der Waals surface area contributed by atoms with Crippen molar-refractivity contribution in [3.05, 3.63) is 17.4 Å². The molecule has 2 rings (SSSR count). The summed E-state index contributed by atoms with van der Waals surface area (Å²) in [4.78, 5) is 0. The maximum atomic E-state index is 5.75. The lowest BCUT2D eigenvalue weighted by atomic mass is 10.1. The number of hydrogen-bond donors (Lipinski definition) is 1. The quantitative estimate of drug-likeness (QED) is 0.818. The number of nitrogens with zero attached hydrogens (tertiary/aromatic N) is 2. The third-order valence-corrected chi connectivity index (χ3v) is 2.88. The summed E-state index contributed by atoms with van der Waals surface area (Å²) in [5, 5.41) is 11.4. The minimum absolute atomic E-state index is 0.445. The van der Waals surface area contributed by atoms with Crippen molar-refractivity contribution < 1.29 is 0 Å². The molecule has 1 aromatic rings. The fraction of sp³-hybridized carbons (Fsp3) is 0.600. The molecule has 0 amide bonds. The molecule has 0 saturated heterocycles. The lowest BCUT2D eigenvalue weighted by Crippen LogP contribution is -2.15. The Balaban J connectivity index is 1.97. The number of rotatable bonds is 2. The molecule has 1 saturated carbocycles. The smallest absolute Gasteiger partial charge is 0.153 e. The van der Waals surface area contributed by atoms with Crippen LogP contribution in [-0.4, -0.2) is 16.2 Å². The first-order valence-corrected chi connectivity index (χ1v) is 5.36. The second kappa shape index (κ2) is 4.13. The van der Waals surface area contributed by atoms with Gasteiger partial charge in [0.05, 0.1) is 11.9 Å². The van der Waals surface area contributed by atoms with Crippen molar-refractivity contribution in [1.82, 2.24) is 10.2 Å². The summed E-state index contributed by atoms with van der Waals surface area (Å²) in [6.45, 7) is 2.29. The molecule has 1 aliphatic rings. The molecular formula is C10H14ClN3. The SMILES string of the molecule is CC1CCC(Nc2cnnc(Cl)c2)C1. The minimum Gasteiger partial charge on any atom is -0.381 e. The molecule has 1 aliphatic carbocycles. The molecule has 1 N–H and O–H groups in total. The molecule has 4 heteroatoms. The van der Waals surface area contributed by atoms with Gasteiger partial charge >= 0.3 is 0 Å². The van der Waals surface area contributed by atoms with Gasteiger partial charge in [0.1, 0.15) is 0 Å². The van der Waals surface area contributed by atoms with Crippen molar-refractivity contribution in [3.8, 4) is 0 Å². The Kier molecular flexibility index (Phi) is 2.87. The van der Waals surface area contributed by atoms with E-state index in [1.807, 2.05) is 6.07 Å². The van der Waals surface area contributed by atoms with Gasteiger partial charge in [-0.3, -0.25) is 0 Å².